The number of hydrogen-bond acceptors (Lipinski definition) is 5. The molecule has 0 saturated carbocycles. The topological polar surface area (TPSA) is 99.8 Å². The van der Waals surface area contributed by atoms with Gasteiger partial charge in [0.05, 0.1) is 10.6 Å². The number of nitrogens with two attached hydrogens (primary N) is 2. The predicted molar refractivity (Wildman–Crippen MR) is 60.0 cm³/mol. The minimum Gasteiger partial charge on any atom is -0.368 e. The van der Waals surface area contributed by atoms with Gasteiger partial charge in [0, 0.05) is 0 Å². The minimum atomic E-state index is -0.465. The minimum absolute atomic E-state index is 0.0575. The highest BCUT2D eigenvalue weighted by Gasteiger charge is 2.16. The largest absolute Gasteiger partial charge is 0.368 e. The molecule has 7 heteroatoms. The lowest BCUT2D eigenvalue weighted by Gasteiger charge is -2.02. The molecule has 16 heavy (non-hydrogen) atoms. The maximum absolute atomic E-state index is 11.9. The number of nitrogen functional groups attached to an aromatic ring is 2. The Bertz CT molecular complexity index is 551. The number of rotatable bonds is 1. The number of aromatic nitrogens is 3. The van der Waals surface area contributed by atoms with Crippen LogP contribution in [0, 0.1) is 0 Å². The smallest absolute Gasteiger partial charge is 0.282 e. The molecule has 0 aliphatic carbocycles. The fraction of sp³-hybridized carbons (Fsp3) is 0. The Morgan fingerprint density at radius 1 is 1.31 bits per heavy atom. The Hall–Kier alpha value is -2.08. The van der Waals surface area contributed by atoms with E-state index in [1.54, 1.807) is 24.3 Å². The summed E-state index contributed by atoms with van der Waals surface area (Å²) in [6.07, 6.45) is 0. The zero-order chi connectivity index (χ0) is 11.7. The van der Waals surface area contributed by atoms with Crippen LogP contribution in [-0.4, -0.2) is 20.7 Å². The molecule has 0 bridgehead atoms. The second kappa shape index (κ2) is 3.82. The van der Waals surface area contributed by atoms with Crippen LogP contribution in [0.15, 0.2) is 24.3 Å². The molecule has 1 aromatic carbocycles. The second-order valence-corrected chi connectivity index (χ2v) is 3.43. The molecule has 0 saturated heterocycles. The SMILES string of the molecule is Nc1nc(N)n(C(=O)c2ccccc2Cl)n1. The summed E-state index contributed by atoms with van der Waals surface area (Å²) >= 11 is 5.87. The highest BCUT2D eigenvalue weighted by Crippen LogP contribution is 2.17. The molecule has 0 radical (unpaired) electrons. The molecule has 0 spiro atoms. The highest BCUT2D eigenvalue weighted by molar-refractivity contribution is 6.33. The average molecular weight is 238 g/mol. The summed E-state index contributed by atoms with van der Waals surface area (Å²) in [6.45, 7) is 0. The van der Waals surface area contributed by atoms with Crippen LogP contribution < -0.4 is 11.5 Å². The van der Waals surface area contributed by atoms with Crippen molar-refractivity contribution in [2.75, 3.05) is 11.5 Å². The summed E-state index contributed by atoms with van der Waals surface area (Å²) in [6, 6.07) is 6.58. The van der Waals surface area contributed by atoms with Crippen LogP contribution in [0.1, 0.15) is 10.4 Å². The number of nitrogens with zero attached hydrogens (tertiary/aromatic N) is 3. The van der Waals surface area contributed by atoms with E-state index < -0.39 is 5.91 Å². The van der Waals surface area contributed by atoms with Crippen molar-refractivity contribution in [3.63, 3.8) is 0 Å². The standard InChI is InChI=1S/C9H8ClN5O/c10-6-4-2-1-3-5(6)7(16)15-9(12)13-8(11)14-15/h1-4H,(H4,11,12,13,14). The van der Waals surface area contributed by atoms with Gasteiger partial charge in [-0.1, -0.05) is 23.7 Å². The Balaban J connectivity index is 2.47. The fourth-order valence-corrected chi connectivity index (χ4v) is 1.46. The molecule has 0 fully saturated rings. The molecule has 0 atom stereocenters. The number of hydrogen-bond donors (Lipinski definition) is 2. The van der Waals surface area contributed by atoms with Crippen LogP contribution >= 0.6 is 11.6 Å². The van der Waals surface area contributed by atoms with Gasteiger partial charge in [-0.15, -0.1) is 5.10 Å². The van der Waals surface area contributed by atoms with E-state index in [0.717, 1.165) is 4.68 Å². The third kappa shape index (κ3) is 1.70. The molecule has 82 valence electrons. The molecule has 4 N–H and O–H groups in total. The summed E-state index contributed by atoms with van der Waals surface area (Å²) in [5.41, 5.74) is 11.1. The molecule has 1 heterocycles. The van der Waals surface area contributed by atoms with Gasteiger partial charge in [0.25, 0.3) is 5.91 Å². The zero-order valence-corrected chi connectivity index (χ0v) is 8.85. The normalized spacial score (nSPS) is 10.3. The maximum Gasteiger partial charge on any atom is 0.282 e. The van der Waals surface area contributed by atoms with Gasteiger partial charge in [0.15, 0.2) is 0 Å². The Morgan fingerprint density at radius 2 is 2.00 bits per heavy atom. The van der Waals surface area contributed by atoms with E-state index >= 15 is 0 Å². The molecule has 0 unspecified atom stereocenters. The van der Waals surface area contributed by atoms with E-state index in [9.17, 15) is 4.79 Å². The van der Waals surface area contributed by atoms with Crippen molar-refractivity contribution in [2.45, 2.75) is 0 Å². The van der Waals surface area contributed by atoms with Crippen molar-refractivity contribution in [1.82, 2.24) is 14.8 Å². The number of benzene rings is 1. The maximum atomic E-state index is 11.9. The molecule has 1 aromatic heterocycles. The van der Waals surface area contributed by atoms with Crippen molar-refractivity contribution in [1.29, 1.82) is 0 Å². The van der Waals surface area contributed by atoms with E-state index in [-0.39, 0.29) is 11.9 Å². The van der Waals surface area contributed by atoms with Crippen molar-refractivity contribution in [3.8, 4) is 0 Å². The summed E-state index contributed by atoms with van der Waals surface area (Å²) in [5, 5.41) is 4.00. The van der Waals surface area contributed by atoms with Crippen LogP contribution in [0.25, 0.3) is 0 Å². The zero-order valence-electron chi connectivity index (χ0n) is 8.09. The summed E-state index contributed by atoms with van der Waals surface area (Å²) < 4.78 is 0.913. The summed E-state index contributed by atoms with van der Waals surface area (Å²) in [5.74, 6) is -0.590. The third-order valence-electron chi connectivity index (χ3n) is 1.95. The first-order chi connectivity index (χ1) is 7.59. The van der Waals surface area contributed by atoms with Gasteiger partial charge in [-0.25, -0.2) is 0 Å². The fourth-order valence-electron chi connectivity index (χ4n) is 1.24. The number of carbonyl (C=O) groups excluding carboxylic acids is 1. The van der Waals surface area contributed by atoms with Gasteiger partial charge >= 0.3 is 0 Å². The van der Waals surface area contributed by atoms with Crippen molar-refractivity contribution in [2.24, 2.45) is 0 Å². The van der Waals surface area contributed by atoms with E-state index in [4.69, 9.17) is 23.1 Å². The van der Waals surface area contributed by atoms with Crippen LogP contribution in [0.4, 0.5) is 11.9 Å². The number of carbonyl (C=O) groups is 1. The molecule has 0 amide bonds. The summed E-state index contributed by atoms with van der Waals surface area (Å²) in [7, 11) is 0. The molecule has 2 rings (SSSR count). The first kappa shape index (κ1) is 10.4. The van der Waals surface area contributed by atoms with Gasteiger partial charge in [0.2, 0.25) is 11.9 Å². The van der Waals surface area contributed by atoms with Crippen LogP contribution in [0.2, 0.25) is 5.02 Å². The van der Waals surface area contributed by atoms with Crippen LogP contribution in [-0.2, 0) is 0 Å². The quantitative estimate of drug-likeness (QED) is 0.764. The lowest BCUT2D eigenvalue weighted by atomic mass is 10.2. The van der Waals surface area contributed by atoms with E-state index in [1.807, 2.05) is 0 Å². The Morgan fingerprint density at radius 3 is 2.56 bits per heavy atom. The van der Waals surface area contributed by atoms with Gasteiger partial charge in [-0.05, 0) is 12.1 Å². The van der Waals surface area contributed by atoms with Gasteiger partial charge in [0.1, 0.15) is 0 Å². The van der Waals surface area contributed by atoms with E-state index in [2.05, 4.69) is 10.1 Å². The molecular weight excluding hydrogens is 230 g/mol. The molecular formula is C9H8ClN5O. The monoisotopic (exact) mass is 237 g/mol. The number of halogens is 1. The molecule has 0 aliphatic rings. The lowest BCUT2D eigenvalue weighted by Crippen LogP contribution is -2.16. The average Bonchev–Trinajstić information content (AvgIpc) is 2.58. The predicted octanol–water partition coefficient (Wildman–Crippen LogP) is 0.784. The molecule has 6 nitrogen and oxygen atoms in total. The van der Waals surface area contributed by atoms with Crippen LogP contribution in [0.3, 0.4) is 0 Å². The van der Waals surface area contributed by atoms with Gasteiger partial charge in [-0.3, -0.25) is 4.79 Å². The van der Waals surface area contributed by atoms with Crippen molar-refractivity contribution >= 4 is 29.4 Å². The van der Waals surface area contributed by atoms with E-state index in [0.29, 0.717) is 10.6 Å². The second-order valence-electron chi connectivity index (χ2n) is 3.03. The van der Waals surface area contributed by atoms with Gasteiger partial charge < -0.3 is 11.5 Å². The Kier molecular flexibility index (Phi) is 2.49. The first-order valence-corrected chi connectivity index (χ1v) is 4.74. The number of anilines is 2. The van der Waals surface area contributed by atoms with Crippen molar-refractivity contribution < 1.29 is 4.79 Å². The Labute approximate surface area is 95.8 Å². The van der Waals surface area contributed by atoms with Gasteiger partial charge in [-0.2, -0.15) is 9.67 Å². The first-order valence-electron chi connectivity index (χ1n) is 4.37. The highest BCUT2D eigenvalue weighted by atomic mass is 35.5. The van der Waals surface area contributed by atoms with Crippen LogP contribution in [0.5, 0.6) is 0 Å². The molecule has 2 aromatic rings. The van der Waals surface area contributed by atoms with E-state index in [1.165, 1.54) is 0 Å². The molecule has 0 aliphatic heterocycles. The third-order valence-corrected chi connectivity index (χ3v) is 2.27. The van der Waals surface area contributed by atoms with Crippen molar-refractivity contribution in [3.05, 3.63) is 34.9 Å². The summed E-state index contributed by atoms with van der Waals surface area (Å²) in [4.78, 5) is 15.6. The lowest BCUT2D eigenvalue weighted by molar-refractivity contribution is 0.0948.